The third-order valence-corrected chi connectivity index (χ3v) is 2.75. The summed E-state index contributed by atoms with van der Waals surface area (Å²) < 4.78 is 5.53. The van der Waals surface area contributed by atoms with Gasteiger partial charge >= 0.3 is 0 Å². The maximum Gasteiger partial charge on any atom is 0.177 e. The number of hydrogen-bond acceptors (Lipinski definition) is 2. The van der Waals surface area contributed by atoms with Crippen molar-refractivity contribution in [3.8, 4) is 6.07 Å². The molecule has 1 unspecified atom stereocenters. The maximum absolute atomic E-state index is 9.11. The molecular formula is C11H12BNO. The normalized spacial score (nSPS) is 25.1. The SMILES string of the molecule is Bc1ccc2c(c1)C(C)(C#N)OCC2. The second-order valence-corrected chi connectivity index (χ2v) is 3.90. The lowest BCUT2D eigenvalue weighted by molar-refractivity contribution is -0.00191. The first-order valence-corrected chi connectivity index (χ1v) is 4.81. The van der Waals surface area contributed by atoms with Gasteiger partial charge in [0, 0.05) is 5.56 Å². The van der Waals surface area contributed by atoms with Crippen LogP contribution in [0.25, 0.3) is 0 Å². The van der Waals surface area contributed by atoms with Crippen molar-refractivity contribution in [1.29, 1.82) is 5.26 Å². The molecule has 1 aliphatic heterocycles. The average Bonchev–Trinajstić information content (AvgIpc) is 2.20. The number of fused-ring (bicyclic) bond motifs is 1. The minimum absolute atomic E-state index is 0.639. The lowest BCUT2D eigenvalue weighted by Gasteiger charge is -2.30. The van der Waals surface area contributed by atoms with E-state index in [1.807, 2.05) is 14.8 Å². The summed E-state index contributed by atoms with van der Waals surface area (Å²) in [4.78, 5) is 0. The van der Waals surface area contributed by atoms with Crippen LogP contribution in [0.5, 0.6) is 0 Å². The van der Waals surface area contributed by atoms with Gasteiger partial charge in [-0.2, -0.15) is 5.26 Å². The first-order chi connectivity index (χ1) is 6.65. The van der Waals surface area contributed by atoms with Gasteiger partial charge in [-0.15, -0.1) is 0 Å². The number of ether oxygens (including phenoxy) is 1. The van der Waals surface area contributed by atoms with E-state index >= 15 is 0 Å². The summed E-state index contributed by atoms with van der Waals surface area (Å²) >= 11 is 0. The van der Waals surface area contributed by atoms with Gasteiger partial charge in [0.25, 0.3) is 0 Å². The highest BCUT2D eigenvalue weighted by Crippen LogP contribution is 2.31. The van der Waals surface area contributed by atoms with Gasteiger partial charge in [-0.1, -0.05) is 23.7 Å². The van der Waals surface area contributed by atoms with Crippen LogP contribution in [0, 0.1) is 11.3 Å². The standard InChI is InChI=1S/C11H12BNO/c1-11(7-13)10-6-9(12)3-2-8(10)4-5-14-11/h2-3,6H,4-5,12H2,1H3. The van der Waals surface area contributed by atoms with Crippen molar-refractivity contribution in [3.05, 3.63) is 29.3 Å². The first-order valence-electron chi connectivity index (χ1n) is 4.81. The Morgan fingerprint density at radius 2 is 2.36 bits per heavy atom. The number of rotatable bonds is 0. The second kappa shape index (κ2) is 3.15. The summed E-state index contributed by atoms with van der Waals surface area (Å²) in [6, 6.07) is 8.48. The minimum atomic E-state index is -0.750. The van der Waals surface area contributed by atoms with Crippen LogP contribution in [-0.4, -0.2) is 14.5 Å². The van der Waals surface area contributed by atoms with Crippen molar-refractivity contribution in [3.63, 3.8) is 0 Å². The van der Waals surface area contributed by atoms with Gasteiger partial charge in [0.15, 0.2) is 5.60 Å². The molecule has 2 rings (SSSR count). The third-order valence-electron chi connectivity index (χ3n) is 2.75. The summed E-state index contributed by atoms with van der Waals surface area (Å²) in [7, 11) is 2.03. The third kappa shape index (κ3) is 1.32. The predicted molar refractivity (Wildman–Crippen MR) is 57.2 cm³/mol. The number of benzene rings is 1. The molecular weight excluding hydrogens is 173 g/mol. The number of hydrogen-bond donors (Lipinski definition) is 0. The Balaban J connectivity index is 2.59. The fourth-order valence-electron chi connectivity index (χ4n) is 1.89. The van der Waals surface area contributed by atoms with Crippen molar-refractivity contribution in [2.75, 3.05) is 6.61 Å². The van der Waals surface area contributed by atoms with E-state index in [1.165, 1.54) is 11.0 Å². The van der Waals surface area contributed by atoms with Crippen LogP contribution in [-0.2, 0) is 16.8 Å². The molecule has 2 nitrogen and oxygen atoms in total. The molecule has 0 spiro atoms. The Labute approximate surface area is 84.9 Å². The summed E-state index contributed by atoms with van der Waals surface area (Å²) in [5.74, 6) is 0. The molecule has 0 aliphatic carbocycles. The molecule has 0 N–H and O–H groups in total. The van der Waals surface area contributed by atoms with E-state index in [9.17, 15) is 0 Å². The van der Waals surface area contributed by atoms with Gasteiger partial charge in [-0.05, 0) is 18.9 Å². The largest absolute Gasteiger partial charge is 0.356 e. The molecule has 0 amide bonds. The Morgan fingerprint density at radius 1 is 1.57 bits per heavy atom. The molecule has 1 aliphatic rings. The zero-order valence-electron chi connectivity index (χ0n) is 8.50. The minimum Gasteiger partial charge on any atom is -0.356 e. The van der Waals surface area contributed by atoms with E-state index in [1.54, 1.807) is 0 Å². The van der Waals surface area contributed by atoms with Gasteiger partial charge < -0.3 is 4.74 Å². The highest BCUT2D eigenvalue weighted by molar-refractivity contribution is 6.32. The molecule has 0 radical (unpaired) electrons. The molecule has 0 saturated carbocycles. The van der Waals surface area contributed by atoms with Crippen molar-refractivity contribution in [2.24, 2.45) is 0 Å². The van der Waals surface area contributed by atoms with E-state index in [-0.39, 0.29) is 0 Å². The van der Waals surface area contributed by atoms with E-state index in [0.717, 1.165) is 12.0 Å². The molecule has 1 aromatic carbocycles. The summed E-state index contributed by atoms with van der Waals surface area (Å²) in [5, 5.41) is 9.11. The van der Waals surface area contributed by atoms with Crippen LogP contribution in [0.1, 0.15) is 18.1 Å². The zero-order valence-corrected chi connectivity index (χ0v) is 8.50. The molecule has 3 heteroatoms. The Kier molecular flexibility index (Phi) is 2.09. The van der Waals surface area contributed by atoms with Crippen molar-refractivity contribution >= 4 is 13.3 Å². The predicted octanol–water partition coefficient (Wildman–Crippen LogP) is 0.256. The first kappa shape index (κ1) is 9.30. The maximum atomic E-state index is 9.11. The van der Waals surface area contributed by atoms with Gasteiger partial charge in [-0.3, -0.25) is 0 Å². The van der Waals surface area contributed by atoms with Crippen LogP contribution < -0.4 is 5.46 Å². The van der Waals surface area contributed by atoms with Gasteiger partial charge in [0.05, 0.1) is 6.61 Å². The summed E-state index contributed by atoms with van der Waals surface area (Å²) in [6.07, 6.45) is 0.910. The molecule has 0 fully saturated rings. The molecule has 0 saturated heterocycles. The molecule has 1 aromatic rings. The van der Waals surface area contributed by atoms with Crippen molar-refractivity contribution in [2.45, 2.75) is 18.9 Å². The molecule has 0 aromatic heterocycles. The van der Waals surface area contributed by atoms with Crippen molar-refractivity contribution in [1.82, 2.24) is 0 Å². The van der Waals surface area contributed by atoms with Gasteiger partial charge in [0.2, 0.25) is 0 Å². The quantitative estimate of drug-likeness (QED) is 0.543. The van der Waals surface area contributed by atoms with Crippen LogP contribution in [0.4, 0.5) is 0 Å². The molecule has 14 heavy (non-hydrogen) atoms. The molecule has 1 atom stereocenters. The summed E-state index contributed by atoms with van der Waals surface area (Å²) in [6.45, 7) is 2.48. The number of nitrogens with zero attached hydrogens (tertiary/aromatic N) is 1. The Morgan fingerprint density at radius 3 is 3.07 bits per heavy atom. The second-order valence-electron chi connectivity index (χ2n) is 3.90. The van der Waals surface area contributed by atoms with Crippen LogP contribution in [0.3, 0.4) is 0 Å². The highest BCUT2D eigenvalue weighted by Gasteiger charge is 2.32. The lowest BCUT2D eigenvalue weighted by Crippen LogP contribution is -2.32. The monoisotopic (exact) mass is 185 g/mol. The van der Waals surface area contributed by atoms with E-state index in [4.69, 9.17) is 10.00 Å². The number of nitriles is 1. The Bertz CT molecular complexity index is 410. The molecule has 1 heterocycles. The average molecular weight is 185 g/mol. The van der Waals surface area contributed by atoms with Gasteiger partial charge in [-0.25, -0.2) is 0 Å². The Hall–Kier alpha value is -1.27. The summed E-state index contributed by atoms with van der Waals surface area (Å²) in [5.41, 5.74) is 2.70. The van der Waals surface area contributed by atoms with Crippen LogP contribution in [0.15, 0.2) is 18.2 Å². The fraction of sp³-hybridized carbons (Fsp3) is 0.364. The van der Waals surface area contributed by atoms with E-state index in [0.29, 0.717) is 6.61 Å². The van der Waals surface area contributed by atoms with Crippen LogP contribution >= 0.6 is 0 Å². The van der Waals surface area contributed by atoms with Gasteiger partial charge in [0.1, 0.15) is 13.9 Å². The smallest absolute Gasteiger partial charge is 0.177 e. The fourth-order valence-corrected chi connectivity index (χ4v) is 1.89. The zero-order chi connectivity index (χ0) is 10.2. The van der Waals surface area contributed by atoms with E-state index in [2.05, 4.69) is 24.3 Å². The molecule has 70 valence electrons. The topological polar surface area (TPSA) is 33.0 Å². The van der Waals surface area contributed by atoms with Crippen molar-refractivity contribution < 1.29 is 4.74 Å². The molecule has 0 bridgehead atoms. The highest BCUT2D eigenvalue weighted by atomic mass is 16.5. The van der Waals surface area contributed by atoms with E-state index < -0.39 is 5.60 Å². The van der Waals surface area contributed by atoms with Crippen LogP contribution in [0.2, 0.25) is 0 Å². The lowest BCUT2D eigenvalue weighted by atomic mass is 9.83.